The van der Waals surface area contributed by atoms with Crippen LogP contribution in [0.5, 0.6) is 11.5 Å². The SMILES string of the molecule is COc1ccc(C=NN2C(=O)NC3(CCCCC3)C2=O)c(OC)c1. The molecule has 1 saturated heterocycles. The third-order valence-electron chi connectivity index (χ3n) is 4.60. The summed E-state index contributed by atoms with van der Waals surface area (Å²) in [7, 11) is 3.11. The Balaban J connectivity index is 1.82. The van der Waals surface area contributed by atoms with E-state index >= 15 is 0 Å². The molecule has 0 radical (unpaired) electrons. The van der Waals surface area contributed by atoms with Crippen LogP contribution in [-0.4, -0.2) is 42.9 Å². The number of ether oxygens (including phenoxy) is 2. The Morgan fingerprint density at radius 1 is 1.17 bits per heavy atom. The molecular formula is C17H21N3O4. The predicted octanol–water partition coefficient (Wildman–Crippen LogP) is 2.29. The molecule has 2 aliphatic rings. The summed E-state index contributed by atoms with van der Waals surface area (Å²) >= 11 is 0. The van der Waals surface area contributed by atoms with Gasteiger partial charge in [0.1, 0.15) is 17.0 Å². The lowest BCUT2D eigenvalue weighted by Gasteiger charge is -2.29. The van der Waals surface area contributed by atoms with E-state index in [9.17, 15) is 9.59 Å². The lowest BCUT2D eigenvalue weighted by molar-refractivity contribution is -0.132. The first-order valence-corrected chi connectivity index (χ1v) is 8.02. The van der Waals surface area contributed by atoms with E-state index in [0.29, 0.717) is 29.9 Å². The van der Waals surface area contributed by atoms with Gasteiger partial charge in [-0.3, -0.25) is 4.79 Å². The number of nitrogens with zero attached hydrogens (tertiary/aromatic N) is 2. The highest BCUT2D eigenvalue weighted by Crippen LogP contribution is 2.33. The number of methoxy groups -OCH3 is 2. The van der Waals surface area contributed by atoms with Crippen LogP contribution >= 0.6 is 0 Å². The van der Waals surface area contributed by atoms with Crippen molar-refractivity contribution >= 4 is 18.2 Å². The van der Waals surface area contributed by atoms with E-state index < -0.39 is 11.6 Å². The first kappa shape index (κ1) is 16.3. The third kappa shape index (κ3) is 2.81. The molecule has 0 bridgehead atoms. The zero-order chi connectivity index (χ0) is 17.2. The molecule has 1 aliphatic carbocycles. The maximum Gasteiger partial charge on any atom is 0.346 e. The number of carbonyl (C=O) groups is 2. The van der Waals surface area contributed by atoms with Gasteiger partial charge in [-0.05, 0) is 25.0 Å². The van der Waals surface area contributed by atoms with Gasteiger partial charge in [-0.25, -0.2) is 4.79 Å². The average molecular weight is 331 g/mol. The van der Waals surface area contributed by atoms with Crippen molar-refractivity contribution in [2.75, 3.05) is 14.2 Å². The van der Waals surface area contributed by atoms with Crippen LogP contribution in [-0.2, 0) is 4.79 Å². The Morgan fingerprint density at radius 2 is 1.92 bits per heavy atom. The van der Waals surface area contributed by atoms with Crippen LogP contribution in [0.25, 0.3) is 0 Å². The highest BCUT2D eigenvalue weighted by Gasteiger charge is 2.51. The second-order valence-corrected chi connectivity index (χ2v) is 6.04. The molecule has 7 nitrogen and oxygen atoms in total. The molecule has 1 aliphatic heterocycles. The van der Waals surface area contributed by atoms with Gasteiger partial charge < -0.3 is 14.8 Å². The number of hydrazone groups is 1. The molecule has 1 saturated carbocycles. The van der Waals surface area contributed by atoms with E-state index in [1.165, 1.54) is 13.3 Å². The number of nitrogens with one attached hydrogen (secondary N) is 1. The van der Waals surface area contributed by atoms with Gasteiger partial charge in [0.15, 0.2) is 0 Å². The largest absolute Gasteiger partial charge is 0.497 e. The van der Waals surface area contributed by atoms with Crippen LogP contribution in [0.1, 0.15) is 37.7 Å². The summed E-state index contributed by atoms with van der Waals surface area (Å²) in [6.07, 6.45) is 5.78. The van der Waals surface area contributed by atoms with Crippen LogP contribution < -0.4 is 14.8 Å². The summed E-state index contributed by atoms with van der Waals surface area (Å²) in [5, 5.41) is 7.85. The van der Waals surface area contributed by atoms with Gasteiger partial charge >= 0.3 is 6.03 Å². The molecule has 7 heteroatoms. The summed E-state index contributed by atoms with van der Waals surface area (Å²) < 4.78 is 10.4. The van der Waals surface area contributed by atoms with Crippen LogP contribution in [0, 0.1) is 0 Å². The van der Waals surface area contributed by atoms with Crippen molar-refractivity contribution in [2.24, 2.45) is 5.10 Å². The lowest BCUT2D eigenvalue weighted by Crippen LogP contribution is -2.48. The molecule has 0 aromatic heterocycles. The fraction of sp³-hybridized carbons (Fsp3) is 0.471. The Labute approximate surface area is 140 Å². The summed E-state index contributed by atoms with van der Waals surface area (Å²) in [5.74, 6) is 0.939. The molecule has 1 aromatic carbocycles. The van der Waals surface area contributed by atoms with Gasteiger partial charge in [-0.1, -0.05) is 19.3 Å². The minimum absolute atomic E-state index is 0.268. The highest BCUT2D eigenvalue weighted by atomic mass is 16.5. The standard InChI is InChI=1S/C17H21N3O4/c1-23-13-7-6-12(14(10-13)24-2)11-18-20-15(21)17(19-16(20)22)8-4-3-5-9-17/h6-7,10-11H,3-5,8-9H2,1-2H3,(H,19,22). The third-order valence-corrected chi connectivity index (χ3v) is 4.60. The number of amides is 3. The second-order valence-electron chi connectivity index (χ2n) is 6.04. The lowest BCUT2D eigenvalue weighted by atomic mass is 9.82. The van der Waals surface area contributed by atoms with E-state index in [0.717, 1.165) is 24.3 Å². The van der Waals surface area contributed by atoms with Crippen molar-refractivity contribution in [3.05, 3.63) is 23.8 Å². The molecule has 1 aromatic rings. The Bertz CT molecular complexity index is 680. The molecule has 2 fully saturated rings. The Hall–Kier alpha value is -2.57. The first-order chi connectivity index (χ1) is 11.6. The molecule has 1 spiro atoms. The van der Waals surface area contributed by atoms with E-state index in [4.69, 9.17) is 9.47 Å². The highest BCUT2D eigenvalue weighted by molar-refractivity contribution is 6.07. The molecular weight excluding hydrogens is 310 g/mol. The molecule has 3 amide bonds. The summed E-state index contributed by atoms with van der Waals surface area (Å²) in [4.78, 5) is 24.8. The number of rotatable bonds is 4. The minimum Gasteiger partial charge on any atom is -0.497 e. The van der Waals surface area contributed by atoms with Gasteiger partial charge in [0.2, 0.25) is 0 Å². The van der Waals surface area contributed by atoms with E-state index in [2.05, 4.69) is 10.4 Å². The first-order valence-electron chi connectivity index (χ1n) is 8.02. The summed E-state index contributed by atoms with van der Waals surface area (Å²) in [6.45, 7) is 0. The van der Waals surface area contributed by atoms with Crippen LogP contribution in [0.15, 0.2) is 23.3 Å². The van der Waals surface area contributed by atoms with Crippen molar-refractivity contribution in [1.29, 1.82) is 0 Å². The maximum atomic E-state index is 12.6. The van der Waals surface area contributed by atoms with Crippen LogP contribution in [0.3, 0.4) is 0 Å². The number of urea groups is 1. The number of hydrogen-bond acceptors (Lipinski definition) is 5. The molecule has 0 atom stereocenters. The van der Waals surface area contributed by atoms with Gasteiger partial charge in [0.25, 0.3) is 5.91 Å². The summed E-state index contributed by atoms with van der Waals surface area (Å²) in [5.41, 5.74) is -0.111. The number of imide groups is 1. The van der Waals surface area contributed by atoms with Gasteiger partial charge in [-0.2, -0.15) is 5.10 Å². The normalized spacial score (nSPS) is 19.8. The monoisotopic (exact) mass is 331 g/mol. The minimum atomic E-state index is -0.767. The maximum absolute atomic E-state index is 12.6. The Morgan fingerprint density at radius 3 is 2.58 bits per heavy atom. The van der Waals surface area contributed by atoms with E-state index in [1.54, 1.807) is 25.3 Å². The van der Waals surface area contributed by atoms with Gasteiger partial charge in [0.05, 0.1) is 20.4 Å². The van der Waals surface area contributed by atoms with E-state index in [-0.39, 0.29) is 5.91 Å². The zero-order valence-electron chi connectivity index (χ0n) is 13.9. The number of hydrogen-bond donors (Lipinski definition) is 1. The van der Waals surface area contributed by atoms with Crippen molar-refractivity contribution in [2.45, 2.75) is 37.6 Å². The van der Waals surface area contributed by atoms with Crippen molar-refractivity contribution in [3.63, 3.8) is 0 Å². The second kappa shape index (κ2) is 6.51. The topological polar surface area (TPSA) is 80.2 Å². The molecule has 128 valence electrons. The predicted molar refractivity (Wildman–Crippen MR) is 88.3 cm³/mol. The molecule has 1 N–H and O–H groups in total. The van der Waals surface area contributed by atoms with Crippen molar-refractivity contribution < 1.29 is 19.1 Å². The average Bonchev–Trinajstić information content (AvgIpc) is 2.83. The quantitative estimate of drug-likeness (QED) is 0.678. The number of benzene rings is 1. The Kier molecular flexibility index (Phi) is 4.42. The van der Waals surface area contributed by atoms with Gasteiger partial charge in [0, 0.05) is 11.6 Å². The van der Waals surface area contributed by atoms with E-state index in [1.807, 2.05) is 0 Å². The van der Waals surface area contributed by atoms with Crippen molar-refractivity contribution in [1.82, 2.24) is 10.3 Å². The van der Waals surface area contributed by atoms with Gasteiger partial charge in [-0.15, -0.1) is 5.01 Å². The smallest absolute Gasteiger partial charge is 0.346 e. The molecule has 3 rings (SSSR count). The number of carbonyl (C=O) groups excluding carboxylic acids is 2. The van der Waals surface area contributed by atoms with Crippen molar-refractivity contribution in [3.8, 4) is 11.5 Å². The zero-order valence-corrected chi connectivity index (χ0v) is 13.9. The molecule has 1 heterocycles. The molecule has 24 heavy (non-hydrogen) atoms. The van der Waals surface area contributed by atoms with Crippen LogP contribution in [0.4, 0.5) is 4.79 Å². The summed E-state index contributed by atoms with van der Waals surface area (Å²) in [6, 6.07) is 4.77. The molecule has 0 unspecified atom stereocenters. The van der Waals surface area contributed by atoms with Crippen LogP contribution in [0.2, 0.25) is 0 Å². The fourth-order valence-corrected chi connectivity index (χ4v) is 3.25. The fourth-order valence-electron chi connectivity index (χ4n) is 3.25.